The zero-order valence-corrected chi connectivity index (χ0v) is 19.5. The number of carbonyl (C=O) groups is 2. The van der Waals surface area contributed by atoms with Crippen LogP contribution in [0, 0.1) is 0 Å². The van der Waals surface area contributed by atoms with Gasteiger partial charge in [0, 0.05) is 29.4 Å². The highest BCUT2D eigenvalue weighted by molar-refractivity contribution is 7.89. The average molecular weight is 483 g/mol. The molecule has 178 valence electrons. The number of carbonyl (C=O) groups excluding carboxylic acids is 2. The number of esters is 1. The molecule has 9 nitrogen and oxygen atoms in total. The second-order valence-electron chi connectivity index (χ2n) is 8.02. The van der Waals surface area contributed by atoms with E-state index in [1.807, 2.05) is 6.07 Å². The molecule has 1 aliphatic carbocycles. The molecule has 0 radical (unpaired) electrons. The molecular formula is C24H26N4O5S. The van der Waals surface area contributed by atoms with Crippen LogP contribution in [0.1, 0.15) is 47.4 Å². The maximum Gasteiger partial charge on any atom is 0.302 e. The summed E-state index contributed by atoms with van der Waals surface area (Å²) in [7, 11) is -3.85. The molecular weight excluding hydrogens is 456 g/mol. The third-order valence-corrected chi connectivity index (χ3v) is 7.08. The second kappa shape index (κ2) is 10.2. The van der Waals surface area contributed by atoms with Gasteiger partial charge in [0.25, 0.3) is 5.91 Å². The minimum atomic E-state index is -3.85. The molecule has 2 aromatic carbocycles. The summed E-state index contributed by atoms with van der Waals surface area (Å²) in [4.78, 5) is 23.5. The topological polar surface area (TPSA) is 119 Å². The van der Waals surface area contributed by atoms with Crippen molar-refractivity contribution in [3.05, 3.63) is 77.6 Å². The van der Waals surface area contributed by atoms with Crippen LogP contribution in [-0.4, -0.2) is 36.7 Å². The predicted molar refractivity (Wildman–Crippen MR) is 126 cm³/mol. The number of nitrogens with one attached hydrogen (secondary N) is 2. The van der Waals surface area contributed by atoms with Crippen molar-refractivity contribution in [1.29, 1.82) is 0 Å². The number of hydrogen-bond donors (Lipinski definition) is 2. The van der Waals surface area contributed by atoms with Crippen LogP contribution < -0.4 is 10.0 Å². The van der Waals surface area contributed by atoms with Gasteiger partial charge < -0.3 is 10.1 Å². The van der Waals surface area contributed by atoms with Crippen molar-refractivity contribution < 1.29 is 22.7 Å². The molecule has 1 aliphatic rings. The first-order chi connectivity index (χ1) is 16.3. The number of hydrogen-bond acceptors (Lipinski definition) is 6. The van der Waals surface area contributed by atoms with E-state index in [0.29, 0.717) is 24.2 Å². The van der Waals surface area contributed by atoms with E-state index in [0.717, 1.165) is 24.1 Å². The molecule has 0 spiro atoms. The third-order valence-electron chi connectivity index (χ3n) is 5.61. The first-order valence-corrected chi connectivity index (χ1v) is 12.5. The fraction of sp³-hybridized carbons (Fsp3) is 0.292. The number of rotatable bonds is 8. The largest absolute Gasteiger partial charge is 0.464 e. The van der Waals surface area contributed by atoms with Crippen molar-refractivity contribution in [2.45, 2.75) is 43.7 Å². The van der Waals surface area contributed by atoms with E-state index < -0.39 is 16.1 Å². The second-order valence-corrected chi connectivity index (χ2v) is 9.74. The quantitative estimate of drug-likeness (QED) is 0.476. The van der Waals surface area contributed by atoms with Gasteiger partial charge in [-0.05, 0) is 49.6 Å². The maximum atomic E-state index is 13.2. The summed E-state index contributed by atoms with van der Waals surface area (Å²) >= 11 is 0. The van der Waals surface area contributed by atoms with E-state index >= 15 is 0 Å². The molecule has 1 amide bonds. The van der Waals surface area contributed by atoms with E-state index in [1.165, 1.54) is 19.1 Å². The molecule has 0 fully saturated rings. The van der Waals surface area contributed by atoms with Gasteiger partial charge in [-0.15, -0.1) is 0 Å². The fourth-order valence-corrected chi connectivity index (χ4v) is 5.29. The van der Waals surface area contributed by atoms with Crippen LogP contribution in [0.3, 0.4) is 0 Å². The summed E-state index contributed by atoms with van der Waals surface area (Å²) in [6.45, 7) is 1.98. The van der Waals surface area contributed by atoms with Crippen LogP contribution >= 0.6 is 0 Å². The molecule has 10 heteroatoms. The van der Waals surface area contributed by atoms with E-state index in [9.17, 15) is 18.0 Å². The molecule has 2 N–H and O–H groups in total. The number of fused-ring (bicyclic) bond motifs is 1. The molecule has 0 bridgehead atoms. The molecule has 4 rings (SSSR count). The van der Waals surface area contributed by atoms with Gasteiger partial charge in [0.1, 0.15) is 6.61 Å². The highest BCUT2D eigenvalue weighted by Gasteiger charge is 2.28. The van der Waals surface area contributed by atoms with Crippen molar-refractivity contribution >= 4 is 27.6 Å². The Kier molecular flexibility index (Phi) is 7.09. The molecule has 1 heterocycles. The number of sulfonamides is 1. The summed E-state index contributed by atoms with van der Waals surface area (Å²) in [6.07, 6.45) is 3.89. The van der Waals surface area contributed by atoms with Gasteiger partial charge in [-0.1, -0.05) is 24.3 Å². The summed E-state index contributed by atoms with van der Waals surface area (Å²) in [6, 6.07) is 14.5. The van der Waals surface area contributed by atoms with Crippen molar-refractivity contribution in [2.75, 3.05) is 11.9 Å². The zero-order chi connectivity index (χ0) is 24.1. The lowest BCUT2D eigenvalue weighted by Gasteiger charge is -2.24. The van der Waals surface area contributed by atoms with Crippen LogP contribution in [0.5, 0.6) is 0 Å². The molecule has 1 aromatic heterocycles. The van der Waals surface area contributed by atoms with Gasteiger partial charge in [-0.2, -0.15) is 5.10 Å². The van der Waals surface area contributed by atoms with Gasteiger partial charge in [-0.25, -0.2) is 13.1 Å². The Bertz CT molecular complexity index is 1290. The Hall–Kier alpha value is -3.50. The van der Waals surface area contributed by atoms with Crippen LogP contribution in [0.4, 0.5) is 5.69 Å². The standard InChI is InChI=1S/C24H26N4O5S/c1-17(29)33-14-13-28-23-12-6-11-22(21(23)16-25-28)27-34(31,32)20-10-5-9-19(15-20)26-24(30)18-7-3-2-4-8-18/h2-5,7-10,15-16,22,27H,6,11-14H2,1H3,(H,26,30). The smallest absolute Gasteiger partial charge is 0.302 e. The molecule has 34 heavy (non-hydrogen) atoms. The Morgan fingerprint density at radius 2 is 1.94 bits per heavy atom. The van der Waals surface area contributed by atoms with E-state index in [1.54, 1.807) is 47.3 Å². The van der Waals surface area contributed by atoms with Crippen LogP contribution in [-0.2, 0) is 32.5 Å². The molecule has 0 saturated heterocycles. The highest BCUT2D eigenvalue weighted by atomic mass is 32.2. The Morgan fingerprint density at radius 1 is 1.15 bits per heavy atom. The number of amides is 1. The Labute approximate surface area is 198 Å². The highest BCUT2D eigenvalue weighted by Crippen LogP contribution is 2.31. The van der Waals surface area contributed by atoms with Gasteiger partial charge in [0.05, 0.1) is 23.7 Å². The molecule has 0 saturated carbocycles. The number of aromatic nitrogens is 2. The average Bonchev–Trinajstić information content (AvgIpc) is 3.23. The van der Waals surface area contributed by atoms with Crippen LogP contribution in [0.25, 0.3) is 0 Å². The fourth-order valence-electron chi connectivity index (χ4n) is 4.00. The van der Waals surface area contributed by atoms with Crippen molar-refractivity contribution in [3.63, 3.8) is 0 Å². The van der Waals surface area contributed by atoms with Gasteiger partial charge in [-0.3, -0.25) is 14.3 Å². The summed E-state index contributed by atoms with van der Waals surface area (Å²) in [5.74, 6) is -0.671. The van der Waals surface area contributed by atoms with Gasteiger partial charge in [0.15, 0.2) is 0 Å². The normalized spacial score (nSPS) is 15.4. The van der Waals surface area contributed by atoms with E-state index in [4.69, 9.17) is 4.74 Å². The third kappa shape index (κ3) is 5.52. The van der Waals surface area contributed by atoms with Crippen LogP contribution in [0.15, 0.2) is 65.7 Å². The number of nitrogens with zero attached hydrogens (tertiary/aromatic N) is 2. The Morgan fingerprint density at radius 3 is 2.71 bits per heavy atom. The van der Waals surface area contributed by atoms with Crippen molar-refractivity contribution in [1.82, 2.24) is 14.5 Å². The first kappa shape index (κ1) is 23.7. The molecule has 3 aromatic rings. The molecule has 1 unspecified atom stereocenters. The van der Waals surface area contributed by atoms with E-state index in [2.05, 4.69) is 15.1 Å². The molecule has 0 aliphatic heterocycles. The Balaban J connectivity index is 1.48. The van der Waals surface area contributed by atoms with Gasteiger partial charge >= 0.3 is 5.97 Å². The minimum absolute atomic E-state index is 0.0627. The number of anilines is 1. The SMILES string of the molecule is CC(=O)OCCn1ncc2c1CCCC2NS(=O)(=O)c1cccc(NC(=O)c2ccccc2)c1. The predicted octanol–water partition coefficient (Wildman–Crippen LogP) is 3.05. The van der Waals surface area contributed by atoms with Crippen molar-refractivity contribution in [2.24, 2.45) is 0 Å². The minimum Gasteiger partial charge on any atom is -0.464 e. The number of ether oxygens (including phenoxy) is 1. The zero-order valence-electron chi connectivity index (χ0n) is 18.7. The van der Waals surface area contributed by atoms with Gasteiger partial charge in [0.2, 0.25) is 10.0 Å². The van der Waals surface area contributed by atoms with Crippen LogP contribution in [0.2, 0.25) is 0 Å². The summed E-state index contributed by atoms with van der Waals surface area (Å²) < 4.78 is 35.9. The first-order valence-electron chi connectivity index (χ1n) is 11.0. The summed E-state index contributed by atoms with van der Waals surface area (Å²) in [5.41, 5.74) is 2.63. The monoisotopic (exact) mass is 482 g/mol. The van der Waals surface area contributed by atoms with Crippen molar-refractivity contribution in [3.8, 4) is 0 Å². The molecule has 1 atom stereocenters. The maximum absolute atomic E-state index is 13.2. The van der Waals surface area contributed by atoms with E-state index in [-0.39, 0.29) is 23.4 Å². The lowest BCUT2D eigenvalue weighted by Crippen LogP contribution is -2.31. The number of benzene rings is 2. The summed E-state index contributed by atoms with van der Waals surface area (Å²) in [5, 5.41) is 7.11. The lowest BCUT2D eigenvalue weighted by atomic mass is 9.94. The lowest BCUT2D eigenvalue weighted by molar-refractivity contribution is -0.141.